The molecule has 0 saturated carbocycles. The van der Waals surface area contributed by atoms with Gasteiger partial charge in [0.05, 0.1) is 6.10 Å². The Hall–Kier alpha value is -1.89. The molecule has 0 spiro atoms. The molecule has 1 amide bonds. The quantitative estimate of drug-likeness (QED) is 0.820. The van der Waals surface area contributed by atoms with Crippen LogP contribution in [0.3, 0.4) is 0 Å². The van der Waals surface area contributed by atoms with Crippen LogP contribution >= 0.6 is 12.4 Å². The highest BCUT2D eigenvalue weighted by Crippen LogP contribution is 2.34. The number of likely N-dealkylation sites (tertiary alicyclic amines) is 1. The summed E-state index contributed by atoms with van der Waals surface area (Å²) >= 11 is 0. The highest BCUT2D eigenvalue weighted by atomic mass is 35.5. The van der Waals surface area contributed by atoms with Crippen molar-refractivity contribution < 1.29 is 9.90 Å². The summed E-state index contributed by atoms with van der Waals surface area (Å²) in [7, 11) is 0. The SMILES string of the molecule is Cl.O=C(N1CCC(C(O)c2ccccc2)CC1)C1(n2cccn2)CCNCC1. The van der Waals surface area contributed by atoms with Crippen LogP contribution in [-0.2, 0) is 10.3 Å². The molecular formula is C21H29ClN4O2. The Labute approximate surface area is 172 Å². The lowest BCUT2D eigenvalue weighted by atomic mass is 9.84. The van der Waals surface area contributed by atoms with E-state index in [4.69, 9.17) is 0 Å². The van der Waals surface area contributed by atoms with E-state index < -0.39 is 11.6 Å². The van der Waals surface area contributed by atoms with E-state index in [-0.39, 0.29) is 24.2 Å². The number of rotatable bonds is 4. The Morgan fingerprint density at radius 1 is 1.14 bits per heavy atom. The van der Waals surface area contributed by atoms with Crippen LogP contribution in [0.15, 0.2) is 48.8 Å². The van der Waals surface area contributed by atoms with E-state index >= 15 is 0 Å². The average Bonchev–Trinajstić information content (AvgIpc) is 3.29. The number of hydrogen-bond donors (Lipinski definition) is 2. The first kappa shape index (κ1) is 20.8. The van der Waals surface area contributed by atoms with E-state index in [1.54, 1.807) is 6.20 Å². The van der Waals surface area contributed by atoms with E-state index in [1.165, 1.54) is 0 Å². The van der Waals surface area contributed by atoms with E-state index in [0.29, 0.717) is 13.1 Å². The Bertz CT molecular complexity index is 739. The number of piperidine rings is 2. The Morgan fingerprint density at radius 3 is 2.43 bits per heavy atom. The van der Waals surface area contributed by atoms with Crippen molar-refractivity contribution in [1.82, 2.24) is 20.0 Å². The summed E-state index contributed by atoms with van der Waals surface area (Å²) < 4.78 is 1.86. The first-order valence-electron chi connectivity index (χ1n) is 9.94. The van der Waals surface area contributed by atoms with Gasteiger partial charge >= 0.3 is 0 Å². The molecule has 2 saturated heterocycles. The molecule has 6 nitrogen and oxygen atoms in total. The Kier molecular flexibility index (Phi) is 6.75. The van der Waals surface area contributed by atoms with Gasteiger partial charge < -0.3 is 15.3 Å². The third-order valence-electron chi connectivity index (χ3n) is 6.19. The minimum atomic E-state index is -0.570. The van der Waals surface area contributed by atoms with Crippen molar-refractivity contribution in [3.63, 3.8) is 0 Å². The van der Waals surface area contributed by atoms with Gasteiger partial charge in [-0.3, -0.25) is 9.48 Å². The number of nitrogens with one attached hydrogen (secondary N) is 1. The Morgan fingerprint density at radius 2 is 1.82 bits per heavy atom. The van der Waals surface area contributed by atoms with Crippen molar-refractivity contribution in [2.24, 2.45) is 5.92 Å². The molecule has 2 fully saturated rings. The summed E-state index contributed by atoms with van der Waals surface area (Å²) in [5.41, 5.74) is 0.397. The fraction of sp³-hybridized carbons (Fsp3) is 0.524. The van der Waals surface area contributed by atoms with E-state index in [1.807, 2.05) is 52.2 Å². The lowest BCUT2D eigenvalue weighted by molar-refractivity contribution is -0.145. The van der Waals surface area contributed by atoms with Crippen molar-refractivity contribution in [1.29, 1.82) is 0 Å². The van der Waals surface area contributed by atoms with Crippen LogP contribution in [0.25, 0.3) is 0 Å². The predicted octanol–water partition coefficient (Wildman–Crippen LogP) is 2.36. The minimum absolute atomic E-state index is 0. The molecule has 2 aromatic rings. The van der Waals surface area contributed by atoms with Crippen molar-refractivity contribution in [3.8, 4) is 0 Å². The van der Waals surface area contributed by atoms with Gasteiger partial charge in [-0.15, -0.1) is 12.4 Å². The van der Waals surface area contributed by atoms with Crippen molar-refractivity contribution >= 4 is 18.3 Å². The van der Waals surface area contributed by atoms with Crippen LogP contribution in [0.2, 0.25) is 0 Å². The van der Waals surface area contributed by atoms with E-state index in [9.17, 15) is 9.90 Å². The number of aromatic nitrogens is 2. The number of halogens is 1. The molecule has 0 aliphatic carbocycles. The summed E-state index contributed by atoms with van der Waals surface area (Å²) in [5.74, 6) is 0.380. The fourth-order valence-corrected chi connectivity index (χ4v) is 4.54. The summed E-state index contributed by atoms with van der Waals surface area (Å²) in [5, 5.41) is 18.5. The second-order valence-electron chi connectivity index (χ2n) is 7.72. The van der Waals surface area contributed by atoms with Gasteiger partial charge in [-0.05, 0) is 56.3 Å². The van der Waals surface area contributed by atoms with Crippen molar-refractivity contribution in [2.45, 2.75) is 37.3 Å². The average molecular weight is 405 g/mol. The second kappa shape index (κ2) is 9.07. The molecule has 1 aromatic heterocycles. The first-order valence-corrected chi connectivity index (χ1v) is 9.94. The molecule has 4 rings (SSSR count). The summed E-state index contributed by atoms with van der Waals surface area (Å²) in [4.78, 5) is 15.5. The molecular weight excluding hydrogens is 376 g/mol. The smallest absolute Gasteiger partial charge is 0.250 e. The first-order chi connectivity index (χ1) is 13.2. The van der Waals surface area contributed by atoms with Crippen LogP contribution in [0, 0.1) is 5.92 Å². The van der Waals surface area contributed by atoms with Crippen LogP contribution in [0.1, 0.15) is 37.4 Å². The highest BCUT2D eigenvalue weighted by molar-refractivity contribution is 5.85. The van der Waals surface area contributed by atoms with Gasteiger partial charge in [0.15, 0.2) is 0 Å². The van der Waals surface area contributed by atoms with Crippen molar-refractivity contribution in [2.75, 3.05) is 26.2 Å². The van der Waals surface area contributed by atoms with E-state index in [0.717, 1.165) is 44.3 Å². The van der Waals surface area contributed by atoms with Crippen LogP contribution in [0.5, 0.6) is 0 Å². The number of aliphatic hydroxyl groups excluding tert-OH is 1. The maximum Gasteiger partial charge on any atom is 0.250 e. The summed E-state index contributed by atoms with van der Waals surface area (Å²) in [6.45, 7) is 3.05. The van der Waals surface area contributed by atoms with Crippen LogP contribution in [-0.4, -0.2) is 51.9 Å². The maximum absolute atomic E-state index is 13.5. The number of carbonyl (C=O) groups excluding carboxylic acids is 1. The molecule has 2 aliphatic rings. The Balaban J connectivity index is 0.00000225. The third kappa shape index (κ3) is 3.95. The number of aliphatic hydroxyl groups is 1. The standard InChI is InChI=1S/C21H28N4O2.ClH/c26-19(17-5-2-1-3-6-17)18-7-15-24(16-8-18)20(27)21(9-12-22-13-10-21)25-14-4-11-23-25;/h1-6,11,14,18-19,22,26H,7-10,12-13,15-16H2;1H. The lowest BCUT2D eigenvalue weighted by Crippen LogP contribution is -2.57. The zero-order chi connectivity index (χ0) is 18.7. The zero-order valence-electron chi connectivity index (χ0n) is 16.0. The minimum Gasteiger partial charge on any atom is -0.388 e. The monoisotopic (exact) mass is 404 g/mol. The number of nitrogens with zero attached hydrogens (tertiary/aromatic N) is 3. The molecule has 1 unspecified atom stereocenters. The molecule has 2 N–H and O–H groups in total. The molecule has 152 valence electrons. The number of hydrogen-bond acceptors (Lipinski definition) is 4. The molecule has 2 aliphatic heterocycles. The molecule has 3 heterocycles. The molecule has 1 atom stereocenters. The number of amides is 1. The van der Waals surface area contributed by atoms with Gasteiger partial charge in [0.25, 0.3) is 5.91 Å². The summed E-state index contributed by atoms with van der Waals surface area (Å²) in [6, 6.07) is 11.7. The fourth-order valence-electron chi connectivity index (χ4n) is 4.54. The molecule has 28 heavy (non-hydrogen) atoms. The third-order valence-corrected chi connectivity index (χ3v) is 6.19. The molecule has 7 heteroatoms. The largest absolute Gasteiger partial charge is 0.388 e. The van der Waals surface area contributed by atoms with Gasteiger partial charge in [-0.2, -0.15) is 5.10 Å². The van der Waals surface area contributed by atoms with Gasteiger partial charge in [-0.25, -0.2) is 0 Å². The lowest BCUT2D eigenvalue weighted by Gasteiger charge is -2.42. The second-order valence-corrected chi connectivity index (χ2v) is 7.72. The van der Waals surface area contributed by atoms with Gasteiger partial charge in [-0.1, -0.05) is 30.3 Å². The van der Waals surface area contributed by atoms with Gasteiger partial charge in [0.2, 0.25) is 0 Å². The molecule has 1 aromatic carbocycles. The zero-order valence-corrected chi connectivity index (χ0v) is 16.9. The normalized spacial score (nSPS) is 21.0. The predicted molar refractivity (Wildman–Crippen MR) is 110 cm³/mol. The molecule has 0 radical (unpaired) electrons. The van der Waals surface area contributed by atoms with Crippen LogP contribution < -0.4 is 5.32 Å². The van der Waals surface area contributed by atoms with E-state index in [2.05, 4.69) is 10.4 Å². The van der Waals surface area contributed by atoms with Gasteiger partial charge in [0.1, 0.15) is 5.54 Å². The summed E-state index contributed by atoms with van der Waals surface area (Å²) in [6.07, 6.45) is 6.39. The number of benzene rings is 1. The highest BCUT2D eigenvalue weighted by Gasteiger charge is 2.45. The maximum atomic E-state index is 13.5. The number of carbonyl (C=O) groups is 1. The van der Waals surface area contributed by atoms with Crippen LogP contribution in [0.4, 0.5) is 0 Å². The molecule has 0 bridgehead atoms. The topological polar surface area (TPSA) is 70.4 Å². The van der Waals surface area contributed by atoms with Crippen molar-refractivity contribution in [3.05, 3.63) is 54.4 Å². The van der Waals surface area contributed by atoms with Gasteiger partial charge in [0, 0.05) is 25.5 Å².